The number of alkyl halides is 3. The molecule has 0 unspecified atom stereocenters. The molecule has 0 atom stereocenters. The van der Waals surface area contributed by atoms with E-state index in [0.717, 1.165) is 16.4 Å². The van der Waals surface area contributed by atoms with Gasteiger partial charge in [-0.25, -0.2) is 12.7 Å². The Morgan fingerprint density at radius 1 is 0.944 bits per heavy atom. The van der Waals surface area contributed by atoms with Crippen LogP contribution >= 0.6 is 0 Å². The van der Waals surface area contributed by atoms with E-state index in [4.69, 9.17) is 0 Å². The highest BCUT2D eigenvalue weighted by Gasteiger charge is 2.51. The van der Waals surface area contributed by atoms with Crippen molar-refractivity contribution in [3.63, 3.8) is 0 Å². The lowest BCUT2D eigenvalue weighted by atomic mass is 9.94. The average molecular weight is 521 g/mol. The smallest absolute Gasteiger partial charge is 0.416 e. The Balaban J connectivity index is 1.73. The molecule has 1 saturated carbocycles. The lowest BCUT2D eigenvalue weighted by Crippen LogP contribution is -2.28. The lowest BCUT2D eigenvalue weighted by Gasteiger charge is -2.18. The number of aromatic hydroxyl groups is 2. The summed E-state index contributed by atoms with van der Waals surface area (Å²) in [5.74, 6) is -1.31. The zero-order chi connectivity index (χ0) is 26.5. The van der Waals surface area contributed by atoms with Crippen LogP contribution in [-0.2, 0) is 26.4 Å². The molecule has 36 heavy (non-hydrogen) atoms. The predicted octanol–water partition coefficient (Wildman–Crippen LogP) is 4.70. The average Bonchev–Trinajstić information content (AvgIpc) is 3.62. The van der Waals surface area contributed by atoms with Crippen LogP contribution in [0, 0.1) is 0 Å². The first-order chi connectivity index (χ1) is 16.7. The first-order valence-electron chi connectivity index (χ1n) is 10.8. The van der Waals surface area contributed by atoms with Crippen LogP contribution in [0.15, 0.2) is 65.6 Å². The van der Waals surface area contributed by atoms with E-state index in [1.165, 1.54) is 62.6 Å². The topological polar surface area (TPSA) is 107 Å². The third kappa shape index (κ3) is 4.76. The van der Waals surface area contributed by atoms with Crippen molar-refractivity contribution < 1.29 is 36.6 Å². The van der Waals surface area contributed by atoms with Crippen molar-refractivity contribution in [3.8, 4) is 22.6 Å². The monoisotopic (exact) mass is 520 g/mol. The van der Waals surface area contributed by atoms with Crippen molar-refractivity contribution >= 4 is 21.6 Å². The third-order valence-electron chi connectivity index (χ3n) is 6.18. The number of halogens is 3. The summed E-state index contributed by atoms with van der Waals surface area (Å²) in [5.41, 5.74) is -1.43. The summed E-state index contributed by atoms with van der Waals surface area (Å²) < 4.78 is 67.1. The van der Waals surface area contributed by atoms with Gasteiger partial charge in [0.1, 0.15) is 0 Å². The molecule has 1 fully saturated rings. The van der Waals surface area contributed by atoms with Gasteiger partial charge in [-0.05, 0) is 72.0 Å². The van der Waals surface area contributed by atoms with Crippen LogP contribution in [0.1, 0.15) is 24.0 Å². The Hall–Kier alpha value is -3.57. The number of anilines is 1. The molecule has 1 aliphatic rings. The summed E-state index contributed by atoms with van der Waals surface area (Å²) >= 11 is 0. The number of amides is 1. The number of hydrogen-bond acceptors (Lipinski definition) is 5. The quantitative estimate of drug-likeness (QED) is 0.409. The van der Waals surface area contributed by atoms with Crippen LogP contribution in [0.3, 0.4) is 0 Å². The molecule has 1 amide bonds. The van der Waals surface area contributed by atoms with Gasteiger partial charge in [0.2, 0.25) is 15.9 Å². The van der Waals surface area contributed by atoms with Crippen LogP contribution in [0.5, 0.6) is 11.5 Å². The fraction of sp³-hybridized carbons (Fsp3) is 0.240. The lowest BCUT2D eigenvalue weighted by molar-refractivity contribution is -0.137. The fourth-order valence-corrected chi connectivity index (χ4v) is 4.87. The maximum atomic E-state index is 13.7. The number of nitrogens with one attached hydrogen (secondary N) is 1. The van der Waals surface area contributed by atoms with Crippen molar-refractivity contribution in [2.24, 2.45) is 0 Å². The number of rotatable bonds is 6. The number of benzene rings is 3. The molecule has 4 rings (SSSR count). The minimum Gasteiger partial charge on any atom is -0.504 e. The van der Waals surface area contributed by atoms with Crippen LogP contribution in [-0.4, -0.2) is 42.9 Å². The molecule has 3 aromatic carbocycles. The fourth-order valence-electron chi connectivity index (χ4n) is 3.92. The molecule has 0 radical (unpaired) electrons. The summed E-state index contributed by atoms with van der Waals surface area (Å²) in [7, 11) is -1.12. The molecule has 7 nitrogen and oxygen atoms in total. The molecule has 0 aliphatic heterocycles. The van der Waals surface area contributed by atoms with Crippen LogP contribution < -0.4 is 5.32 Å². The Morgan fingerprint density at radius 2 is 1.64 bits per heavy atom. The zero-order valence-electron chi connectivity index (χ0n) is 19.3. The molecule has 1 aliphatic carbocycles. The largest absolute Gasteiger partial charge is 0.504 e. The van der Waals surface area contributed by atoms with Gasteiger partial charge in [0.15, 0.2) is 11.5 Å². The molecule has 0 spiro atoms. The first-order valence-corrected chi connectivity index (χ1v) is 12.3. The highest BCUT2D eigenvalue weighted by Crippen LogP contribution is 2.50. The Kier molecular flexibility index (Phi) is 6.26. The summed E-state index contributed by atoms with van der Waals surface area (Å²) in [4.78, 5) is 13.1. The van der Waals surface area contributed by atoms with E-state index in [1.807, 2.05) is 0 Å². The van der Waals surface area contributed by atoms with Crippen molar-refractivity contribution in [2.75, 3.05) is 19.4 Å². The second-order valence-corrected chi connectivity index (χ2v) is 11.0. The molecule has 3 N–H and O–H groups in total. The van der Waals surface area contributed by atoms with Gasteiger partial charge in [0.25, 0.3) is 0 Å². The predicted molar refractivity (Wildman–Crippen MR) is 127 cm³/mol. The molecule has 3 aromatic rings. The Bertz CT molecular complexity index is 1450. The van der Waals surface area contributed by atoms with Crippen molar-refractivity contribution in [1.82, 2.24) is 4.31 Å². The van der Waals surface area contributed by atoms with Gasteiger partial charge in [0, 0.05) is 19.8 Å². The van der Waals surface area contributed by atoms with Crippen LogP contribution in [0.4, 0.5) is 18.9 Å². The SMILES string of the molecule is CN(C)S(=O)(=O)c1cccc(-c2cc(NC(=O)C3(c4ccc(O)c(O)c4)CC3)cc(C(F)(F)F)c2)c1. The van der Waals surface area contributed by atoms with Gasteiger partial charge in [-0.3, -0.25) is 4.79 Å². The molecule has 0 bridgehead atoms. The summed E-state index contributed by atoms with van der Waals surface area (Å²) in [5, 5.41) is 21.9. The number of phenols is 2. The maximum absolute atomic E-state index is 13.7. The van der Waals surface area contributed by atoms with E-state index >= 15 is 0 Å². The highest BCUT2D eigenvalue weighted by molar-refractivity contribution is 7.89. The van der Waals surface area contributed by atoms with Crippen molar-refractivity contribution in [2.45, 2.75) is 29.3 Å². The standard InChI is InChI=1S/C25H23F3N2O5S/c1-30(2)36(34,35)20-5-3-4-15(12-20)16-10-18(25(26,27)28)13-19(11-16)29-23(33)24(8-9-24)17-6-7-21(31)22(32)14-17/h3-7,10-14,31-32H,8-9H2,1-2H3,(H,29,33). The minimum absolute atomic E-state index is 0.0723. The molecule has 0 aromatic heterocycles. The number of carbonyl (C=O) groups is 1. The van der Waals surface area contributed by atoms with E-state index in [2.05, 4.69) is 5.32 Å². The molecular weight excluding hydrogens is 497 g/mol. The van der Waals surface area contributed by atoms with Gasteiger partial charge in [-0.15, -0.1) is 0 Å². The summed E-state index contributed by atoms with van der Waals surface area (Å²) in [6.45, 7) is 0. The second kappa shape index (κ2) is 8.82. The molecule has 0 heterocycles. The van der Waals surface area contributed by atoms with E-state index in [1.54, 1.807) is 0 Å². The molecule has 11 heteroatoms. The van der Waals surface area contributed by atoms with Gasteiger partial charge in [0.05, 0.1) is 15.9 Å². The van der Waals surface area contributed by atoms with Crippen molar-refractivity contribution in [1.29, 1.82) is 0 Å². The first kappa shape index (κ1) is 25.5. The molecule has 190 valence electrons. The maximum Gasteiger partial charge on any atom is 0.416 e. The van der Waals surface area contributed by atoms with E-state index in [0.29, 0.717) is 18.4 Å². The summed E-state index contributed by atoms with van der Waals surface area (Å²) in [6, 6.07) is 12.6. The van der Waals surface area contributed by atoms with Crippen LogP contribution in [0.25, 0.3) is 11.1 Å². The van der Waals surface area contributed by atoms with Gasteiger partial charge < -0.3 is 15.5 Å². The third-order valence-corrected chi connectivity index (χ3v) is 7.99. The number of phenolic OH excluding ortho intramolecular Hbond substituents is 2. The number of carbonyl (C=O) groups excluding carboxylic acids is 1. The second-order valence-electron chi connectivity index (χ2n) is 8.85. The number of hydrogen-bond donors (Lipinski definition) is 3. The van der Waals surface area contributed by atoms with E-state index in [9.17, 15) is 36.6 Å². The minimum atomic E-state index is -4.72. The van der Waals surface area contributed by atoms with Crippen LogP contribution in [0.2, 0.25) is 0 Å². The molecule has 0 saturated heterocycles. The van der Waals surface area contributed by atoms with Gasteiger partial charge in [-0.2, -0.15) is 13.2 Å². The van der Waals surface area contributed by atoms with E-state index < -0.39 is 38.8 Å². The van der Waals surface area contributed by atoms with Crippen molar-refractivity contribution in [3.05, 3.63) is 71.8 Å². The Morgan fingerprint density at radius 3 is 2.22 bits per heavy atom. The normalized spacial score (nSPS) is 15.1. The highest BCUT2D eigenvalue weighted by atomic mass is 32.2. The Labute approximate surface area is 205 Å². The molecular formula is C25H23F3N2O5S. The van der Waals surface area contributed by atoms with Gasteiger partial charge in [-0.1, -0.05) is 18.2 Å². The van der Waals surface area contributed by atoms with E-state index in [-0.39, 0.29) is 27.5 Å². The summed E-state index contributed by atoms with van der Waals surface area (Å²) in [6.07, 6.45) is -3.89. The van der Waals surface area contributed by atoms with Gasteiger partial charge >= 0.3 is 6.18 Å². The zero-order valence-corrected chi connectivity index (χ0v) is 20.1. The number of sulfonamides is 1. The number of nitrogens with zero attached hydrogens (tertiary/aromatic N) is 1.